The van der Waals surface area contributed by atoms with Crippen molar-refractivity contribution in [2.24, 2.45) is 0 Å². The average Bonchev–Trinajstić information content (AvgIpc) is 2.93. The van der Waals surface area contributed by atoms with E-state index in [1.54, 1.807) is 52.2 Å². The van der Waals surface area contributed by atoms with Crippen molar-refractivity contribution in [1.82, 2.24) is 10.3 Å². The van der Waals surface area contributed by atoms with Crippen molar-refractivity contribution in [3.63, 3.8) is 0 Å². The molecule has 122 valence electrons. The summed E-state index contributed by atoms with van der Waals surface area (Å²) in [4.78, 5) is 28.4. The van der Waals surface area contributed by atoms with Crippen LogP contribution >= 0.6 is 11.3 Å². The molecule has 0 saturated carbocycles. The van der Waals surface area contributed by atoms with Crippen molar-refractivity contribution < 1.29 is 14.3 Å². The zero-order valence-electron chi connectivity index (χ0n) is 13.5. The first kappa shape index (κ1) is 17.0. The van der Waals surface area contributed by atoms with E-state index in [9.17, 15) is 9.59 Å². The molecule has 0 saturated heterocycles. The van der Waals surface area contributed by atoms with Crippen LogP contribution in [0.4, 0.5) is 9.93 Å². The minimum atomic E-state index is -0.563. The van der Waals surface area contributed by atoms with E-state index in [4.69, 9.17) is 4.74 Å². The SMILES string of the molecule is CNC(=O)c1cccc(-c2cnc(NC(=O)OC(C)(C)C)s2)c1. The van der Waals surface area contributed by atoms with Crippen LogP contribution in [0.15, 0.2) is 30.5 Å². The Balaban J connectivity index is 2.13. The minimum absolute atomic E-state index is 0.150. The van der Waals surface area contributed by atoms with Gasteiger partial charge in [0, 0.05) is 18.8 Å². The lowest BCUT2D eigenvalue weighted by atomic mass is 10.1. The van der Waals surface area contributed by atoms with Crippen LogP contribution < -0.4 is 10.6 Å². The summed E-state index contributed by atoms with van der Waals surface area (Å²) in [5, 5.41) is 5.64. The van der Waals surface area contributed by atoms with Crippen molar-refractivity contribution in [2.75, 3.05) is 12.4 Å². The van der Waals surface area contributed by atoms with Crippen LogP contribution in [0.3, 0.4) is 0 Å². The first-order valence-electron chi connectivity index (χ1n) is 7.07. The molecule has 0 aliphatic rings. The Labute approximate surface area is 138 Å². The molecule has 0 radical (unpaired) electrons. The number of ether oxygens (including phenoxy) is 1. The smallest absolute Gasteiger partial charge is 0.413 e. The van der Waals surface area contributed by atoms with Gasteiger partial charge < -0.3 is 10.1 Å². The molecule has 7 heteroatoms. The number of rotatable bonds is 3. The molecule has 0 bridgehead atoms. The number of hydrogen-bond acceptors (Lipinski definition) is 5. The van der Waals surface area contributed by atoms with Crippen LogP contribution in [0.5, 0.6) is 0 Å². The lowest BCUT2D eigenvalue weighted by Gasteiger charge is -2.18. The number of benzene rings is 1. The fourth-order valence-electron chi connectivity index (χ4n) is 1.81. The summed E-state index contributed by atoms with van der Waals surface area (Å²) in [6.07, 6.45) is 1.11. The third-order valence-electron chi connectivity index (χ3n) is 2.75. The predicted octanol–water partition coefficient (Wildman–Crippen LogP) is 3.52. The second-order valence-electron chi connectivity index (χ2n) is 5.82. The molecule has 2 N–H and O–H groups in total. The first-order chi connectivity index (χ1) is 10.8. The normalized spacial score (nSPS) is 11.0. The molecule has 0 spiro atoms. The number of carbonyl (C=O) groups excluding carboxylic acids is 2. The highest BCUT2D eigenvalue weighted by Crippen LogP contribution is 2.29. The van der Waals surface area contributed by atoms with E-state index in [1.807, 2.05) is 6.07 Å². The fourth-order valence-corrected chi connectivity index (χ4v) is 2.61. The van der Waals surface area contributed by atoms with Crippen molar-refractivity contribution in [1.29, 1.82) is 0 Å². The predicted molar refractivity (Wildman–Crippen MR) is 90.8 cm³/mol. The maximum Gasteiger partial charge on any atom is 0.413 e. The van der Waals surface area contributed by atoms with E-state index < -0.39 is 11.7 Å². The summed E-state index contributed by atoms with van der Waals surface area (Å²) in [7, 11) is 1.59. The Hall–Kier alpha value is -2.41. The Morgan fingerprint density at radius 2 is 2.00 bits per heavy atom. The molecule has 1 aromatic heterocycles. The summed E-state index contributed by atoms with van der Waals surface area (Å²) in [6.45, 7) is 5.39. The van der Waals surface area contributed by atoms with Gasteiger partial charge in [-0.2, -0.15) is 0 Å². The lowest BCUT2D eigenvalue weighted by molar-refractivity contribution is 0.0635. The standard InChI is InChI=1S/C16H19N3O3S/c1-16(2,3)22-15(21)19-14-18-9-12(23-14)10-6-5-7-11(8-10)13(20)17-4/h5-9H,1-4H3,(H,17,20)(H,18,19,21). The highest BCUT2D eigenvalue weighted by Gasteiger charge is 2.17. The lowest BCUT2D eigenvalue weighted by Crippen LogP contribution is -2.27. The molecular weight excluding hydrogens is 314 g/mol. The first-order valence-corrected chi connectivity index (χ1v) is 7.88. The maximum absolute atomic E-state index is 11.7. The van der Waals surface area contributed by atoms with Gasteiger partial charge >= 0.3 is 6.09 Å². The number of nitrogens with zero attached hydrogens (tertiary/aromatic N) is 1. The molecule has 0 atom stereocenters. The second kappa shape index (κ2) is 6.78. The van der Waals surface area contributed by atoms with Gasteiger partial charge in [0.05, 0.1) is 4.88 Å². The number of aromatic nitrogens is 1. The minimum Gasteiger partial charge on any atom is -0.444 e. The van der Waals surface area contributed by atoms with Gasteiger partial charge in [-0.25, -0.2) is 9.78 Å². The maximum atomic E-state index is 11.7. The van der Waals surface area contributed by atoms with Crippen LogP contribution in [-0.4, -0.2) is 29.6 Å². The summed E-state index contributed by atoms with van der Waals surface area (Å²) < 4.78 is 5.19. The molecule has 6 nitrogen and oxygen atoms in total. The van der Waals surface area contributed by atoms with Gasteiger partial charge in [-0.15, -0.1) is 0 Å². The Kier molecular flexibility index (Phi) is 5.00. The monoisotopic (exact) mass is 333 g/mol. The number of thiazole rings is 1. The van der Waals surface area contributed by atoms with Gasteiger partial charge in [0.25, 0.3) is 5.91 Å². The van der Waals surface area contributed by atoms with Crippen LogP contribution in [0, 0.1) is 0 Å². The zero-order chi connectivity index (χ0) is 17.0. The van der Waals surface area contributed by atoms with Crippen molar-refractivity contribution in [2.45, 2.75) is 26.4 Å². The highest BCUT2D eigenvalue weighted by atomic mass is 32.1. The topological polar surface area (TPSA) is 80.3 Å². The number of amides is 2. The van der Waals surface area contributed by atoms with E-state index in [-0.39, 0.29) is 5.91 Å². The van der Waals surface area contributed by atoms with Gasteiger partial charge in [0.2, 0.25) is 0 Å². The molecule has 0 unspecified atom stereocenters. The molecule has 2 amide bonds. The quantitative estimate of drug-likeness (QED) is 0.900. The third-order valence-corrected chi connectivity index (χ3v) is 3.71. The Bertz CT molecular complexity index is 719. The summed E-state index contributed by atoms with van der Waals surface area (Å²) in [5.74, 6) is -0.150. The van der Waals surface area contributed by atoms with Crippen LogP contribution in [0.25, 0.3) is 10.4 Å². The number of carbonyl (C=O) groups is 2. The van der Waals surface area contributed by atoms with E-state index in [0.717, 1.165) is 10.4 Å². The van der Waals surface area contributed by atoms with E-state index in [0.29, 0.717) is 10.7 Å². The molecule has 1 heterocycles. The molecular formula is C16H19N3O3S. The summed E-state index contributed by atoms with van der Waals surface area (Å²) >= 11 is 1.31. The molecule has 23 heavy (non-hydrogen) atoms. The van der Waals surface area contributed by atoms with Crippen molar-refractivity contribution in [3.8, 4) is 10.4 Å². The zero-order valence-corrected chi connectivity index (χ0v) is 14.3. The van der Waals surface area contributed by atoms with Crippen LogP contribution in [-0.2, 0) is 4.74 Å². The highest BCUT2D eigenvalue weighted by molar-refractivity contribution is 7.19. The Morgan fingerprint density at radius 3 is 2.65 bits per heavy atom. The Morgan fingerprint density at radius 1 is 1.26 bits per heavy atom. The molecule has 2 rings (SSSR count). The van der Waals surface area contributed by atoms with Gasteiger partial charge in [0.1, 0.15) is 5.60 Å². The molecule has 0 aliphatic heterocycles. The second-order valence-corrected chi connectivity index (χ2v) is 6.85. The average molecular weight is 333 g/mol. The third kappa shape index (κ3) is 4.79. The molecule has 1 aromatic carbocycles. The fraction of sp³-hybridized carbons (Fsp3) is 0.312. The molecule has 0 fully saturated rings. The van der Waals surface area contributed by atoms with Crippen molar-refractivity contribution >= 4 is 28.5 Å². The van der Waals surface area contributed by atoms with Crippen LogP contribution in [0.1, 0.15) is 31.1 Å². The number of anilines is 1. The largest absolute Gasteiger partial charge is 0.444 e. The van der Waals surface area contributed by atoms with Gasteiger partial charge in [-0.3, -0.25) is 10.1 Å². The summed E-state index contributed by atoms with van der Waals surface area (Å²) in [6, 6.07) is 7.21. The van der Waals surface area contributed by atoms with Gasteiger partial charge in [-0.05, 0) is 38.5 Å². The number of nitrogens with one attached hydrogen (secondary N) is 2. The van der Waals surface area contributed by atoms with Gasteiger partial charge in [-0.1, -0.05) is 23.5 Å². The van der Waals surface area contributed by atoms with Crippen molar-refractivity contribution in [3.05, 3.63) is 36.0 Å². The van der Waals surface area contributed by atoms with E-state index >= 15 is 0 Å². The molecule has 2 aromatic rings. The van der Waals surface area contributed by atoms with E-state index in [2.05, 4.69) is 15.6 Å². The van der Waals surface area contributed by atoms with Gasteiger partial charge in [0.15, 0.2) is 5.13 Å². The van der Waals surface area contributed by atoms with Crippen LogP contribution in [0.2, 0.25) is 0 Å². The number of hydrogen-bond donors (Lipinski definition) is 2. The summed E-state index contributed by atoms with van der Waals surface area (Å²) in [5.41, 5.74) is 0.868. The van der Waals surface area contributed by atoms with E-state index in [1.165, 1.54) is 11.3 Å². The molecule has 0 aliphatic carbocycles.